The summed E-state index contributed by atoms with van der Waals surface area (Å²) < 4.78 is 42.7. The Hall–Kier alpha value is -0.820. The molecule has 2 atom stereocenters. The fourth-order valence-corrected chi connectivity index (χ4v) is 1.77. The van der Waals surface area contributed by atoms with Gasteiger partial charge in [-0.3, -0.25) is 9.69 Å². The quantitative estimate of drug-likeness (QED) is 0.824. The molecule has 0 saturated carbocycles. The van der Waals surface area contributed by atoms with Gasteiger partial charge in [0.05, 0.1) is 12.7 Å². The van der Waals surface area contributed by atoms with Gasteiger partial charge in [-0.05, 0) is 6.42 Å². The van der Waals surface area contributed by atoms with E-state index in [0.29, 0.717) is 26.1 Å². The molecule has 0 radical (unpaired) electrons. The average molecular weight is 255 g/mol. The van der Waals surface area contributed by atoms with Gasteiger partial charge in [0.1, 0.15) is 0 Å². The number of carboxylic acids is 1. The van der Waals surface area contributed by atoms with E-state index in [-0.39, 0.29) is 6.10 Å². The minimum atomic E-state index is -4.70. The molecule has 1 aliphatic rings. The van der Waals surface area contributed by atoms with Crippen molar-refractivity contribution < 1.29 is 27.8 Å². The molecule has 0 amide bonds. The molecular weight excluding hydrogens is 239 g/mol. The number of hydrogen-bond donors (Lipinski definition) is 1. The highest BCUT2D eigenvalue weighted by Gasteiger charge is 2.46. The van der Waals surface area contributed by atoms with Crippen molar-refractivity contribution in [1.29, 1.82) is 0 Å². The van der Waals surface area contributed by atoms with Crippen molar-refractivity contribution in [3.05, 3.63) is 0 Å². The van der Waals surface area contributed by atoms with Crippen molar-refractivity contribution >= 4 is 5.97 Å². The predicted octanol–water partition coefficient (Wildman–Crippen LogP) is 1.36. The lowest BCUT2D eigenvalue weighted by Gasteiger charge is -2.34. The number of ether oxygens (including phenoxy) is 1. The molecule has 1 rings (SSSR count). The maximum atomic E-state index is 12.5. The molecule has 1 saturated heterocycles. The fourth-order valence-electron chi connectivity index (χ4n) is 1.77. The van der Waals surface area contributed by atoms with E-state index < -0.39 is 24.6 Å². The number of hydrogen-bond acceptors (Lipinski definition) is 3. The van der Waals surface area contributed by atoms with Crippen LogP contribution in [0.15, 0.2) is 0 Å². The number of carbonyl (C=O) groups is 1. The third-order valence-electron chi connectivity index (χ3n) is 2.81. The fraction of sp³-hybridized carbons (Fsp3) is 0.900. The molecule has 2 unspecified atom stereocenters. The van der Waals surface area contributed by atoms with Gasteiger partial charge in [-0.25, -0.2) is 0 Å². The SMILES string of the molecule is CCC1CN(CC(C(=O)O)C(F)(F)F)CCO1. The summed E-state index contributed by atoms with van der Waals surface area (Å²) in [6.45, 7) is 2.43. The predicted molar refractivity (Wildman–Crippen MR) is 53.7 cm³/mol. The molecule has 4 nitrogen and oxygen atoms in total. The molecule has 100 valence electrons. The molecule has 0 spiro atoms. The van der Waals surface area contributed by atoms with Gasteiger partial charge in [0.25, 0.3) is 0 Å². The van der Waals surface area contributed by atoms with E-state index in [1.807, 2.05) is 6.92 Å². The van der Waals surface area contributed by atoms with Crippen LogP contribution >= 0.6 is 0 Å². The second kappa shape index (κ2) is 5.68. The number of rotatable bonds is 4. The monoisotopic (exact) mass is 255 g/mol. The van der Waals surface area contributed by atoms with Crippen LogP contribution in [0.1, 0.15) is 13.3 Å². The van der Waals surface area contributed by atoms with Crippen molar-refractivity contribution in [2.45, 2.75) is 25.6 Å². The number of aliphatic carboxylic acids is 1. The molecule has 0 aromatic carbocycles. The van der Waals surface area contributed by atoms with E-state index in [2.05, 4.69) is 0 Å². The third kappa shape index (κ3) is 4.16. The minimum Gasteiger partial charge on any atom is -0.481 e. The Labute approximate surface area is 97.3 Å². The van der Waals surface area contributed by atoms with Crippen molar-refractivity contribution in [2.75, 3.05) is 26.2 Å². The molecule has 1 aliphatic heterocycles. The lowest BCUT2D eigenvalue weighted by molar-refractivity contribution is -0.198. The first-order valence-corrected chi connectivity index (χ1v) is 5.48. The van der Waals surface area contributed by atoms with E-state index in [0.717, 1.165) is 0 Å². The van der Waals surface area contributed by atoms with E-state index in [9.17, 15) is 18.0 Å². The summed E-state index contributed by atoms with van der Waals surface area (Å²) in [5, 5.41) is 8.58. The van der Waals surface area contributed by atoms with Crippen molar-refractivity contribution in [3.8, 4) is 0 Å². The summed E-state index contributed by atoms with van der Waals surface area (Å²) in [5.74, 6) is -4.14. The van der Waals surface area contributed by atoms with Gasteiger partial charge in [0.15, 0.2) is 5.92 Å². The van der Waals surface area contributed by atoms with Crippen molar-refractivity contribution in [1.82, 2.24) is 4.90 Å². The van der Waals surface area contributed by atoms with Gasteiger partial charge >= 0.3 is 12.1 Å². The smallest absolute Gasteiger partial charge is 0.403 e. The van der Waals surface area contributed by atoms with Crippen LogP contribution in [-0.2, 0) is 9.53 Å². The lowest BCUT2D eigenvalue weighted by atomic mass is 10.1. The zero-order valence-electron chi connectivity index (χ0n) is 9.54. The molecule has 1 fully saturated rings. The van der Waals surface area contributed by atoms with Gasteiger partial charge in [-0.15, -0.1) is 0 Å². The zero-order valence-corrected chi connectivity index (χ0v) is 9.54. The number of halogens is 3. The molecule has 0 aliphatic carbocycles. The Morgan fingerprint density at radius 1 is 1.59 bits per heavy atom. The van der Waals surface area contributed by atoms with Crippen LogP contribution in [0, 0.1) is 5.92 Å². The van der Waals surface area contributed by atoms with Crippen LogP contribution in [0.2, 0.25) is 0 Å². The first kappa shape index (κ1) is 14.2. The van der Waals surface area contributed by atoms with Gasteiger partial charge in [-0.2, -0.15) is 13.2 Å². The Morgan fingerprint density at radius 3 is 2.71 bits per heavy atom. The molecule has 7 heteroatoms. The van der Waals surface area contributed by atoms with Crippen LogP contribution < -0.4 is 0 Å². The van der Waals surface area contributed by atoms with E-state index in [1.54, 1.807) is 0 Å². The standard InChI is InChI=1S/C10H16F3NO3/c1-2-7-5-14(3-4-17-7)6-8(9(15)16)10(11,12)13/h7-8H,2-6H2,1H3,(H,15,16). The van der Waals surface area contributed by atoms with Crippen molar-refractivity contribution in [2.24, 2.45) is 5.92 Å². The molecular formula is C10H16F3NO3. The summed E-state index contributed by atoms with van der Waals surface area (Å²) in [6.07, 6.45) is -4.10. The highest BCUT2D eigenvalue weighted by molar-refractivity contribution is 5.71. The Morgan fingerprint density at radius 2 is 2.24 bits per heavy atom. The van der Waals surface area contributed by atoms with Crippen LogP contribution in [-0.4, -0.2) is 54.5 Å². The van der Waals surface area contributed by atoms with Gasteiger partial charge in [0.2, 0.25) is 0 Å². The normalized spacial score (nSPS) is 24.6. The summed E-state index contributed by atoms with van der Waals surface area (Å²) >= 11 is 0. The van der Waals surface area contributed by atoms with Crippen molar-refractivity contribution in [3.63, 3.8) is 0 Å². The summed E-state index contributed by atoms with van der Waals surface area (Å²) in [7, 11) is 0. The Bertz CT molecular complexity index is 270. The molecule has 0 aromatic rings. The minimum absolute atomic E-state index is 0.105. The number of nitrogens with zero attached hydrogens (tertiary/aromatic N) is 1. The number of morpholine rings is 1. The van der Waals surface area contributed by atoms with Crippen LogP contribution in [0.4, 0.5) is 13.2 Å². The molecule has 0 aromatic heterocycles. The van der Waals surface area contributed by atoms with Crippen LogP contribution in [0.25, 0.3) is 0 Å². The summed E-state index contributed by atoms with van der Waals surface area (Å²) in [6, 6.07) is 0. The molecule has 1 N–H and O–H groups in total. The van der Waals surface area contributed by atoms with Gasteiger partial charge < -0.3 is 9.84 Å². The van der Waals surface area contributed by atoms with E-state index >= 15 is 0 Å². The third-order valence-corrected chi connectivity index (χ3v) is 2.81. The second-order valence-corrected chi connectivity index (χ2v) is 4.09. The second-order valence-electron chi connectivity index (χ2n) is 4.09. The lowest BCUT2D eigenvalue weighted by Crippen LogP contribution is -2.48. The van der Waals surface area contributed by atoms with Crippen LogP contribution in [0.3, 0.4) is 0 Å². The average Bonchev–Trinajstić information content (AvgIpc) is 2.24. The van der Waals surface area contributed by atoms with Crippen LogP contribution in [0.5, 0.6) is 0 Å². The molecule has 0 bridgehead atoms. The summed E-state index contributed by atoms with van der Waals surface area (Å²) in [4.78, 5) is 12.1. The number of alkyl halides is 3. The number of carboxylic acid groups (broad SMARTS) is 1. The first-order chi connectivity index (χ1) is 7.84. The zero-order chi connectivity index (χ0) is 13.1. The largest absolute Gasteiger partial charge is 0.481 e. The molecule has 17 heavy (non-hydrogen) atoms. The Kier molecular flexibility index (Phi) is 4.76. The maximum absolute atomic E-state index is 12.5. The van der Waals surface area contributed by atoms with E-state index in [1.165, 1.54) is 4.90 Å². The highest BCUT2D eigenvalue weighted by Crippen LogP contribution is 2.27. The first-order valence-electron chi connectivity index (χ1n) is 5.48. The topological polar surface area (TPSA) is 49.8 Å². The van der Waals surface area contributed by atoms with Gasteiger partial charge in [-0.1, -0.05) is 6.92 Å². The molecule has 1 heterocycles. The summed E-state index contributed by atoms with van der Waals surface area (Å²) in [5.41, 5.74) is 0. The highest BCUT2D eigenvalue weighted by atomic mass is 19.4. The Balaban J connectivity index is 2.58. The van der Waals surface area contributed by atoms with E-state index in [4.69, 9.17) is 9.84 Å². The van der Waals surface area contributed by atoms with Gasteiger partial charge in [0, 0.05) is 19.6 Å². The maximum Gasteiger partial charge on any atom is 0.403 e.